The van der Waals surface area contributed by atoms with E-state index in [1.54, 1.807) is 29.2 Å². The monoisotopic (exact) mass is 356 g/mol. The summed E-state index contributed by atoms with van der Waals surface area (Å²) >= 11 is 12.4. The fourth-order valence-corrected chi connectivity index (χ4v) is 3.43. The van der Waals surface area contributed by atoms with Crippen LogP contribution in [0.3, 0.4) is 0 Å². The van der Waals surface area contributed by atoms with Crippen molar-refractivity contribution in [3.05, 3.63) is 29.3 Å². The highest BCUT2D eigenvalue weighted by atomic mass is 35.5. The Balaban J connectivity index is 1.61. The summed E-state index contributed by atoms with van der Waals surface area (Å²) < 4.78 is 0.670. The molecule has 0 spiro atoms. The lowest BCUT2D eigenvalue weighted by molar-refractivity contribution is -0.124. The molecule has 7 heteroatoms. The SMILES string of the molecule is O=C(CCCCCN1C(=O)CSC1=S)Nc1cccc(Cl)c1. The van der Waals surface area contributed by atoms with Gasteiger partial charge in [-0.1, -0.05) is 48.1 Å². The summed E-state index contributed by atoms with van der Waals surface area (Å²) in [4.78, 5) is 25.0. The molecule has 1 heterocycles. The van der Waals surface area contributed by atoms with E-state index in [1.165, 1.54) is 11.8 Å². The van der Waals surface area contributed by atoms with Crippen LogP contribution in [-0.4, -0.2) is 33.3 Å². The second-order valence-corrected chi connectivity index (χ2v) is 7.01. The fourth-order valence-electron chi connectivity index (χ4n) is 2.12. The Morgan fingerprint density at radius 2 is 2.18 bits per heavy atom. The van der Waals surface area contributed by atoms with Gasteiger partial charge in [-0.3, -0.25) is 14.5 Å². The molecule has 0 radical (unpaired) electrons. The summed E-state index contributed by atoms with van der Waals surface area (Å²) in [5, 5.41) is 3.42. The van der Waals surface area contributed by atoms with E-state index >= 15 is 0 Å². The van der Waals surface area contributed by atoms with Crippen molar-refractivity contribution in [3.63, 3.8) is 0 Å². The fraction of sp³-hybridized carbons (Fsp3) is 0.400. The molecule has 22 heavy (non-hydrogen) atoms. The van der Waals surface area contributed by atoms with Gasteiger partial charge in [0.15, 0.2) is 0 Å². The third kappa shape index (κ3) is 5.26. The topological polar surface area (TPSA) is 49.4 Å². The predicted octanol–water partition coefficient (Wildman–Crippen LogP) is 3.70. The smallest absolute Gasteiger partial charge is 0.238 e. The minimum Gasteiger partial charge on any atom is -0.326 e. The van der Waals surface area contributed by atoms with Crippen molar-refractivity contribution >= 4 is 57.4 Å². The van der Waals surface area contributed by atoms with Crippen LogP contribution in [0.1, 0.15) is 25.7 Å². The van der Waals surface area contributed by atoms with Gasteiger partial charge < -0.3 is 5.32 Å². The maximum Gasteiger partial charge on any atom is 0.238 e. The highest BCUT2D eigenvalue weighted by Gasteiger charge is 2.25. The van der Waals surface area contributed by atoms with Gasteiger partial charge >= 0.3 is 0 Å². The first-order valence-corrected chi connectivity index (χ1v) is 8.86. The zero-order valence-corrected chi connectivity index (χ0v) is 14.4. The first kappa shape index (κ1) is 17.2. The van der Waals surface area contributed by atoms with Gasteiger partial charge in [0.1, 0.15) is 4.32 Å². The summed E-state index contributed by atoms with van der Waals surface area (Å²) in [6.45, 7) is 0.653. The maximum absolute atomic E-state index is 11.8. The van der Waals surface area contributed by atoms with Crippen LogP contribution in [0.2, 0.25) is 5.02 Å². The van der Waals surface area contributed by atoms with Crippen LogP contribution in [0.5, 0.6) is 0 Å². The Morgan fingerprint density at radius 3 is 2.86 bits per heavy atom. The van der Waals surface area contributed by atoms with Gasteiger partial charge in [0, 0.05) is 23.7 Å². The van der Waals surface area contributed by atoms with Crippen molar-refractivity contribution in [1.82, 2.24) is 4.90 Å². The molecule has 0 bridgehead atoms. The number of thiocarbonyl (C=S) groups is 1. The van der Waals surface area contributed by atoms with E-state index in [1.807, 2.05) is 0 Å². The average Bonchev–Trinajstić information content (AvgIpc) is 2.78. The summed E-state index contributed by atoms with van der Waals surface area (Å²) in [5.41, 5.74) is 0.711. The molecule has 0 unspecified atom stereocenters. The van der Waals surface area contributed by atoms with Crippen LogP contribution in [0.15, 0.2) is 24.3 Å². The number of anilines is 1. The molecular weight excluding hydrogens is 340 g/mol. The molecule has 0 atom stereocenters. The molecule has 118 valence electrons. The quantitative estimate of drug-likeness (QED) is 0.597. The van der Waals surface area contributed by atoms with Gasteiger partial charge in [-0.15, -0.1) is 0 Å². The van der Waals surface area contributed by atoms with Crippen LogP contribution in [-0.2, 0) is 9.59 Å². The van der Waals surface area contributed by atoms with Gasteiger partial charge in [0.2, 0.25) is 11.8 Å². The van der Waals surface area contributed by atoms with Crippen LogP contribution >= 0.6 is 35.6 Å². The second-order valence-electron chi connectivity index (χ2n) is 4.97. The second kappa shape index (κ2) is 8.50. The summed E-state index contributed by atoms with van der Waals surface area (Å²) in [5.74, 6) is 0.528. The molecule has 1 aliphatic heterocycles. The molecule has 0 aliphatic carbocycles. The van der Waals surface area contributed by atoms with Crippen LogP contribution < -0.4 is 5.32 Å². The summed E-state index contributed by atoms with van der Waals surface area (Å²) in [6.07, 6.45) is 2.99. The maximum atomic E-state index is 11.8. The largest absolute Gasteiger partial charge is 0.326 e. The van der Waals surface area contributed by atoms with E-state index in [4.69, 9.17) is 23.8 Å². The third-order valence-electron chi connectivity index (χ3n) is 3.23. The number of carbonyl (C=O) groups is 2. The number of amides is 2. The molecule has 0 saturated carbocycles. The summed E-state index contributed by atoms with van der Waals surface area (Å²) in [7, 11) is 0. The molecule has 1 fully saturated rings. The van der Waals surface area contributed by atoms with E-state index in [0.717, 1.165) is 19.3 Å². The Bertz CT molecular complexity index is 564. The number of unbranched alkanes of at least 4 members (excludes halogenated alkanes) is 2. The molecule has 1 aromatic rings. The Kier molecular flexibility index (Phi) is 6.67. The molecule has 4 nitrogen and oxygen atoms in total. The molecule has 0 aromatic heterocycles. The van der Waals surface area contributed by atoms with E-state index in [9.17, 15) is 9.59 Å². The van der Waals surface area contributed by atoms with Gasteiger partial charge in [0.25, 0.3) is 0 Å². The lowest BCUT2D eigenvalue weighted by Gasteiger charge is -2.14. The van der Waals surface area contributed by atoms with Crippen molar-refractivity contribution in [2.75, 3.05) is 17.6 Å². The van der Waals surface area contributed by atoms with E-state index in [-0.39, 0.29) is 11.8 Å². The average molecular weight is 357 g/mol. The van der Waals surface area contributed by atoms with Crippen molar-refractivity contribution in [3.8, 4) is 0 Å². The molecule has 1 aromatic carbocycles. The molecule has 1 N–H and O–H groups in total. The molecule has 2 rings (SSSR count). The first-order valence-electron chi connectivity index (χ1n) is 7.09. The van der Waals surface area contributed by atoms with Crippen LogP contribution in [0.25, 0.3) is 0 Å². The lowest BCUT2D eigenvalue weighted by atomic mass is 10.2. The number of hydrogen-bond acceptors (Lipinski definition) is 4. The van der Waals surface area contributed by atoms with Crippen molar-refractivity contribution < 1.29 is 9.59 Å². The van der Waals surface area contributed by atoms with Gasteiger partial charge in [-0.25, -0.2) is 0 Å². The Morgan fingerprint density at radius 1 is 1.36 bits per heavy atom. The third-order valence-corrected chi connectivity index (χ3v) is 4.90. The van der Waals surface area contributed by atoms with E-state index < -0.39 is 0 Å². The number of benzene rings is 1. The number of nitrogens with one attached hydrogen (secondary N) is 1. The number of hydrogen-bond donors (Lipinski definition) is 1. The van der Waals surface area contributed by atoms with Gasteiger partial charge in [0.05, 0.1) is 5.75 Å². The minimum atomic E-state index is -0.0226. The lowest BCUT2D eigenvalue weighted by Crippen LogP contribution is -2.29. The molecule has 1 saturated heterocycles. The normalized spacial score (nSPS) is 14.5. The van der Waals surface area contributed by atoms with Crippen molar-refractivity contribution in [2.45, 2.75) is 25.7 Å². The molecular formula is C15H17ClN2O2S2. The Hall–Kier alpha value is -1.11. The Labute approximate surface area is 144 Å². The zero-order valence-electron chi connectivity index (χ0n) is 12.0. The molecule has 2 amide bonds. The number of halogens is 1. The summed E-state index contributed by atoms with van der Waals surface area (Å²) in [6, 6.07) is 7.09. The first-order chi connectivity index (χ1) is 10.6. The highest BCUT2D eigenvalue weighted by Crippen LogP contribution is 2.20. The van der Waals surface area contributed by atoms with Crippen LogP contribution in [0, 0.1) is 0 Å². The zero-order chi connectivity index (χ0) is 15.9. The molecule has 1 aliphatic rings. The number of carbonyl (C=O) groups excluding carboxylic acids is 2. The number of rotatable bonds is 7. The van der Waals surface area contributed by atoms with E-state index in [2.05, 4.69) is 5.32 Å². The number of thioether (sulfide) groups is 1. The number of nitrogens with zero attached hydrogens (tertiary/aromatic N) is 1. The standard InChI is InChI=1S/C15H17ClN2O2S2/c16-11-5-4-6-12(9-11)17-13(19)7-2-1-3-8-18-14(20)10-22-15(18)21/h4-6,9H,1-3,7-8,10H2,(H,17,19). The minimum absolute atomic E-state index is 0.0226. The van der Waals surface area contributed by atoms with Crippen molar-refractivity contribution in [1.29, 1.82) is 0 Å². The van der Waals surface area contributed by atoms with Crippen molar-refractivity contribution in [2.24, 2.45) is 0 Å². The van der Waals surface area contributed by atoms with Gasteiger partial charge in [-0.05, 0) is 31.0 Å². The van der Waals surface area contributed by atoms with Gasteiger partial charge in [-0.2, -0.15) is 0 Å². The van der Waals surface area contributed by atoms with Crippen LogP contribution in [0.4, 0.5) is 5.69 Å². The highest BCUT2D eigenvalue weighted by molar-refractivity contribution is 8.23. The van der Waals surface area contributed by atoms with E-state index in [0.29, 0.717) is 33.7 Å². The predicted molar refractivity (Wildman–Crippen MR) is 95.3 cm³/mol.